The minimum Gasteiger partial charge on any atom is -0.493 e. The summed E-state index contributed by atoms with van der Waals surface area (Å²) >= 11 is 1.43. The summed E-state index contributed by atoms with van der Waals surface area (Å²) in [4.78, 5) is 36.8. The highest BCUT2D eigenvalue weighted by molar-refractivity contribution is 7.09. The van der Waals surface area contributed by atoms with Crippen LogP contribution in [0.4, 0.5) is 0 Å². The van der Waals surface area contributed by atoms with E-state index >= 15 is 0 Å². The molecule has 4 N–H and O–H groups in total. The number of hydrogen-bond donors (Lipinski definition) is 3. The third-order valence-electron chi connectivity index (χ3n) is 4.13. The van der Waals surface area contributed by atoms with Crippen molar-refractivity contribution in [1.82, 2.24) is 4.90 Å². The molecule has 0 aliphatic heterocycles. The average molecular weight is 420 g/mol. The Labute approximate surface area is 172 Å². The molecule has 0 radical (unpaired) electrons. The Morgan fingerprint density at radius 2 is 1.83 bits per heavy atom. The van der Waals surface area contributed by atoms with Crippen molar-refractivity contribution < 1.29 is 29.3 Å². The first kappa shape index (κ1) is 22.4. The maximum Gasteiger partial charge on any atom is 0.323 e. The van der Waals surface area contributed by atoms with E-state index in [1.54, 1.807) is 24.3 Å². The van der Waals surface area contributed by atoms with Crippen LogP contribution in [0, 0.1) is 0 Å². The summed E-state index contributed by atoms with van der Waals surface area (Å²) in [5, 5.41) is 19.7. The molecule has 0 unspecified atom stereocenters. The number of ether oxygens (including phenoxy) is 1. The van der Waals surface area contributed by atoms with Crippen LogP contribution in [0.5, 0.6) is 5.75 Å². The van der Waals surface area contributed by atoms with E-state index in [-0.39, 0.29) is 13.0 Å². The third-order valence-corrected chi connectivity index (χ3v) is 4.99. The Bertz CT molecular complexity index is 824. The van der Waals surface area contributed by atoms with Gasteiger partial charge in [0, 0.05) is 16.9 Å². The van der Waals surface area contributed by atoms with E-state index in [0.717, 1.165) is 4.88 Å². The van der Waals surface area contributed by atoms with E-state index in [2.05, 4.69) is 0 Å². The lowest BCUT2D eigenvalue weighted by Gasteiger charge is -2.25. The number of amides is 1. The molecular weight excluding hydrogens is 396 g/mol. The third kappa shape index (κ3) is 7.20. The van der Waals surface area contributed by atoms with E-state index < -0.39 is 30.4 Å². The highest BCUT2D eigenvalue weighted by atomic mass is 32.1. The number of rotatable bonds is 12. The molecule has 2 aromatic rings. The fraction of sp³-hybridized carbons (Fsp3) is 0.350. The van der Waals surface area contributed by atoms with E-state index in [0.29, 0.717) is 30.8 Å². The molecule has 1 amide bonds. The predicted octanol–water partition coefficient (Wildman–Crippen LogP) is 2.50. The fourth-order valence-electron chi connectivity index (χ4n) is 2.72. The molecule has 1 aromatic heterocycles. The maximum atomic E-state index is 12.9. The molecule has 0 spiro atoms. The predicted molar refractivity (Wildman–Crippen MR) is 108 cm³/mol. The number of benzene rings is 1. The van der Waals surface area contributed by atoms with Crippen molar-refractivity contribution in [3.05, 3.63) is 52.2 Å². The number of para-hydroxylation sites is 1. The van der Waals surface area contributed by atoms with Crippen LogP contribution in [0.25, 0.3) is 0 Å². The van der Waals surface area contributed by atoms with Gasteiger partial charge in [0.25, 0.3) is 0 Å². The number of thiophene rings is 1. The molecule has 1 aromatic carbocycles. The second kappa shape index (κ2) is 11.2. The van der Waals surface area contributed by atoms with Crippen molar-refractivity contribution in [2.45, 2.75) is 31.8 Å². The van der Waals surface area contributed by atoms with Gasteiger partial charge in [0.2, 0.25) is 5.91 Å². The highest BCUT2D eigenvalue weighted by Gasteiger charge is 2.27. The van der Waals surface area contributed by atoms with E-state index in [1.165, 1.54) is 16.2 Å². The monoisotopic (exact) mass is 420 g/mol. The van der Waals surface area contributed by atoms with Crippen LogP contribution in [0.3, 0.4) is 0 Å². The summed E-state index contributed by atoms with van der Waals surface area (Å²) in [6.07, 6.45) is 1.10. The van der Waals surface area contributed by atoms with Crippen LogP contribution in [0.1, 0.15) is 35.7 Å². The zero-order valence-electron chi connectivity index (χ0n) is 15.8. The molecule has 8 nitrogen and oxygen atoms in total. The van der Waals surface area contributed by atoms with Gasteiger partial charge >= 0.3 is 11.9 Å². The summed E-state index contributed by atoms with van der Waals surface area (Å²) in [5.74, 6) is -2.06. The Balaban J connectivity index is 2.08. The zero-order chi connectivity index (χ0) is 21.2. The quantitative estimate of drug-likeness (QED) is 0.450. The number of unbranched alkanes of at least 4 members (excludes halogenated alkanes) is 1. The summed E-state index contributed by atoms with van der Waals surface area (Å²) in [6, 6.07) is 9.39. The normalized spacial score (nSPS) is 11.6. The molecule has 156 valence electrons. The first-order valence-corrected chi connectivity index (χ1v) is 9.98. The molecule has 0 saturated carbocycles. The standard InChI is InChI=1S/C20H24N2O6S/c21-19(20(27)22(13-18(25)26)12-14-6-5-11-29-14)15-7-1-2-8-16(15)28-10-4-3-9-17(23)24/h1-2,5-8,11,19H,3-4,9-10,12-13,21H2,(H,23,24)(H,25,26)/t19-/m1/s1. The van der Waals surface area contributed by atoms with Gasteiger partial charge in [-0.2, -0.15) is 0 Å². The molecule has 0 bridgehead atoms. The van der Waals surface area contributed by atoms with Gasteiger partial charge in [-0.15, -0.1) is 11.3 Å². The SMILES string of the molecule is N[C@@H](C(=O)N(CC(=O)O)Cc1cccs1)c1ccccc1OCCCCC(=O)O. The summed E-state index contributed by atoms with van der Waals surface area (Å²) in [7, 11) is 0. The van der Waals surface area contributed by atoms with Gasteiger partial charge in [0.05, 0.1) is 13.2 Å². The lowest BCUT2D eigenvalue weighted by molar-refractivity contribution is -0.145. The number of carboxylic acids is 2. The Morgan fingerprint density at radius 3 is 2.48 bits per heavy atom. The van der Waals surface area contributed by atoms with Gasteiger partial charge in [-0.3, -0.25) is 14.4 Å². The molecule has 1 atom stereocenters. The van der Waals surface area contributed by atoms with Crippen LogP contribution in [0.15, 0.2) is 41.8 Å². The molecule has 1 heterocycles. The molecule has 9 heteroatoms. The zero-order valence-corrected chi connectivity index (χ0v) is 16.6. The van der Waals surface area contributed by atoms with Crippen molar-refractivity contribution in [3.8, 4) is 5.75 Å². The van der Waals surface area contributed by atoms with Crippen LogP contribution in [-0.2, 0) is 20.9 Å². The molecule has 0 aliphatic carbocycles. The van der Waals surface area contributed by atoms with Crippen LogP contribution in [-0.4, -0.2) is 46.1 Å². The van der Waals surface area contributed by atoms with Gasteiger partial charge in [0.15, 0.2) is 0 Å². The second-order valence-corrected chi connectivity index (χ2v) is 7.41. The number of hydrogen-bond acceptors (Lipinski definition) is 6. The van der Waals surface area contributed by atoms with E-state index in [9.17, 15) is 19.5 Å². The van der Waals surface area contributed by atoms with Gasteiger partial charge in [-0.05, 0) is 30.4 Å². The maximum absolute atomic E-state index is 12.9. The molecule has 2 rings (SSSR count). The average Bonchev–Trinajstić information content (AvgIpc) is 3.19. The lowest BCUT2D eigenvalue weighted by Crippen LogP contribution is -2.41. The number of carbonyl (C=O) groups is 3. The number of nitrogens with two attached hydrogens (primary N) is 1. The highest BCUT2D eigenvalue weighted by Crippen LogP contribution is 2.26. The molecule has 0 fully saturated rings. The largest absolute Gasteiger partial charge is 0.493 e. The van der Waals surface area contributed by atoms with Crippen molar-refractivity contribution in [2.24, 2.45) is 5.73 Å². The van der Waals surface area contributed by atoms with Crippen molar-refractivity contribution >= 4 is 29.2 Å². The summed E-state index contributed by atoms with van der Waals surface area (Å²) in [6.45, 7) is -0.00338. The van der Waals surface area contributed by atoms with Gasteiger partial charge in [-0.25, -0.2) is 0 Å². The Kier molecular flexibility index (Phi) is 8.63. The first-order valence-electron chi connectivity index (χ1n) is 9.10. The number of aliphatic carboxylic acids is 2. The van der Waals surface area contributed by atoms with E-state index in [1.807, 2.05) is 17.5 Å². The van der Waals surface area contributed by atoms with E-state index in [4.69, 9.17) is 15.6 Å². The van der Waals surface area contributed by atoms with Gasteiger partial charge in [-0.1, -0.05) is 24.3 Å². The second-order valence-electron chi connectivity index (χ2n) is 6.38. The van der Waals surface area contributed by atoms with Gasteiger partial charge in [0.1, 0.15) is 18.3 Å². The molecule has 29 heavy (non-hydrogen) atoms. The number of nitrogens with zero attached hydrogens (tertiary/aromatic N) is 1. The minimum atomic E-state index is -1.12. The molecule has 0 saturated heterocycles. The van der Waals surface area contributed by atoms with Crippen molar-refractivity contribution in [2.75, 3.05) is 13.2 Å². The van der Waals surface area contributed by atoms with Crippen LogP contribution >= 0.6 is 11.3 Å². The Hall–Kier alpha value is -2.91. The number of carboxylic acid groups (broad SMARTS) is 2. The molecular formula is C20H24N2O6S. The fourth-order valence-corrected chi connectivity index (χ4v) is 3.44. The topological polar surface area (TPSA) is 130 Å². The van der Waals surface area contributed by atoms with Crippen LogP contribution < -0.4 is 10.5 Å². The minimum absolute atomic E-state index is 0.0654. The summed E-state index contributed by atoms with van der Waals surface area (Å²) in [5.41, 5.74) is 6.63. The first-order chi connectivity index (χ1) is 13.9. The van der Waals surface area contributed by atoms with Crippen LogP contribution in [0.2, 0.25) is 0 Å². The smallest absolute Gasteiger partial charge is 0.323 e. The number of carbonyl (C=O) groups excluding carboxylic acids is 1. The Morgan fingerprint density at radius 1 is 1.07 bits per heavy atom. The summed E-state index contributed by atoms with van der Waals surface area (Å²) < 4.78 is 5.70. The van der Waals surface area contributed by atoms with Gasteiger partial charge < -0.3 is 25.6 Å². The van der Waals surface area contributed by atoms with Crippen molar-refractivity contribution in [1.29, 1.82) is 0 Å². The molecule has 0 aliphatic rings. The van der Waals surface area contributed by atoms with Crippen molar-refractivity contribution in [3.63, 3.8) is 0 Å². The lowest BCUT2D eigenvalue weighted by atomic mass is 10.0.